The summed E-state index contributed by atoms with van der Waals surface area (Å²) >= 11 is 0. The zero-order valence-corrected chi connectivity index (χ0v) is 17.2. The van der Waals surface area contributed by atoms with Crippen LogP contribution in [0.4, 0.5) is 10.1 Å². The molecule has 0 bridgehead atoms. The molecule has 1 aromatic carbocycles. The summed E-state index contributed by atoms with van der Waals surface area (Å²) in [6.45, 7) is 2.25. The molecule has 0 amide bonds. The molecule has 1 saturated carbocycles. The molecule has 4 aromatic rings. The van der Waals surface area contributed by atoms with Crippen molar-refractivity contribution in [1.29, 1.82) is 5.26 Å². The fourth-order valence-corrected chi connectivity index (χ4v) is 4.03. The largest absolute Gasteiger partial charge is 0.371 e. The Morgan fingerprint density at radius 2 is 1.97 bits per heavy atom. The van der Waals surface area contributed by atoms with E-state index in [9.17, 15) is 9.18 Å². The van der Waals surface area contributed by atoms with E-state index in [1.54, 1.807) is 24.0 Å². The summed E-state index contributed by atoms with van der Waals surface area (Å²) < 4.78 is 21.1. The van der Waals surface area contributed by atoms with Crippen molar-refractivity contribution in [2.24, 2.45) is 18.9 Å². The van der Waals surface area contributed by atoms with Gasteiger partial charge in [0.2, 0.25) is 5.89 Å². The normalized spacial score (nSPS) is 18.7. The summed E-state index contributed by atoms with van der Waals surface area (Å²) in [7, 11) is 1.75. The van der Waals surface area contributed by atoms with Crippen molar-refractivity contribution < 1.29 is 8.91 Å². The number of benzene rings is 1. The Balaban J connectivity index is 0.000000136. The highest BCUT2D eigenvalue weighted by molar-refractivity contribution is 5.68. The molecule has 1 aliphatic heterocycles. The van der Waals surface area contributed by atoms with Crippen molar-refractivity contribution in [3.05, 3.63) is 64.8 Å². The van der Waals surface area contributed by atoms with Gasteiger partial charge in [-0.3, -0.25) is 9.36 Å². The number of imidazole rings is 1. The first-order valence-corrected chi connectivity index (χ1v) is 10.1. The van der Waals surface area contributed by atoms with Crippen LogP contribution in [0, 0.1) is 29.0 Å². The number of hydrogen-bond donors (Lipinski definition) is 0. The number of aryl methyl sites for hydroxylation is 1. The number of nitrogens with zero attached hydrogens (tertiary/aromatic N) is 8. The van der Waals surface area contributed by atoms with Crippen molar-refractivity contribution in [2.45, 2.75) is 13.0 Å². The smallest absolute Gasteiger partial charge is 0.280 e. The number of piperidine rings is 1. The molecular formula is C21H19FN8O2. The van der Waals surface area contributed by atoms with E-state index in [4.69, 9.17) is 9.78 Å². The van der Waals surface area contributed by atoms with E-state index in [1.807, 2.05) is 6.07 Å². The topological polar surface area (TPSA) is 119 Å². The summed E-state index contributed by atoms with van der Waals surface area (Å²) in [5.41, 5.74) is 1.96. The molecule has 0 spiro atoms. The minimum Gasteiger partial charge on any atom is -0.371 e. The van der Waals surface area contributed by atoms with E-state index >= 15 is 0 Å². The fraction of sp³-hybridized carbons (Fsp3) is 0.333. The summed E-state index contributed by atoms with van der Waals surface area (Å²) in [6, 6.07) is 6.56. The van der Waals surface area contributed by atoms with Gasteiger partial charge in [0.25, 0.3) is 5.56 Å². The van der Waals surface area contributed by atoms with Crippen LogP contribution in [0.3, 0.4) is 0 Å². The molecule has 11 heteroatoms. The van der Waals surface area contributed by atoms with Crippen LogP contribution >= 0.6 is 0 Å². The first kappa shape index (κ1) is 19.9. The van der Waals surface area contributed by atoms with Gasteiger partial charge in [0.1, 0.15) is 18.7 Å². The second-order valence-electron chi connectivity index (χ2n) is 8.01. The van der Waals surface area contributed by atoms with E-state index in [0.29, 0.717) is 22.6 Å². The number of fused-ring (bicyclic) bond motifs is 2. The van der Waals surface area contributed by atoms with Gasteiger partial charge in [-0.2, -0.15) is 10.2 Å². The Kier molecular flexibility index (Phi) is 4.89. The highest BCUT2D eigenvalue weighted by Gasteiger charge is 2.45. The molecule has 0 unspecified atom stereocenters. The van der Waals surface area contributed by atoms with E-state index in [1.165, 1.54) is 35.8 Å². The second-order valence-corrected chi connectivity index (χ2v) is 8.01. The van der Waals surface area contributed by atoms with E-state index < -0.39 is 0 Å². The van der Waals surface area contributed by atoms with Crippen LogP contribution in [0.1, 0.15) is 17.9 Å². The molecule has 3 aromatic heterocycles. The van der Waals surface area contributed by atoms with Crippen molar-refractivity contribution in [3.8, 4) is 6.07 Å². The molecule has 10 nitrogen and oxygen atoms in total. The molecule has 2 fully saturated rings. The first-order valence-electron chi connectivity index (χ1n) is 10.1. The number of aromatic nitrogens is 6. The van der Waals surface area contributed by atoms with Gasteiger partial charge < -0.3 is 14.0 Å². The fourth-order valence-electron chi connectivity index (χ4n) is 4.03. The molecule has 0 N–H and O–H groups in total. The molecule has 6 rings (SSSR count). The van der Waals surface area contributed by atoms with Crippen LogP contribution in [-0.2, 0) is 13.6 Å². The maximum absolute atomic E-state index is 13.2. The third kappa shape index (κ3) is 3.82. The summed E-state index contributed by atoms with van der Waals surface area (Å²) in [4.78, 5) is 26.2. The van der Waals surface area contributed by atoms with Crippen molar-refractivity contribution in [2.75, 3.05) is 18.0 Å². The predicted molar refractivity (Wildman–Crippen MR) is 111 cm³/mol. The van der Waals surface area contributed by atoms with Gasteiger partial charge in [-0.1, -0.05) is 5.16 Å². The van der Waals surface area contributed by atoms with Crippen LogP contribution in [0.5, 0.6) is 0 Å². The van der Waals surface area contributed by atoms with Gasteiger partial charge in [0, 0.05) is 25.8 Å². The zero-order chi connectivity index (χ0) is 22.2. The Morgan fingerprint density at radius 3 is 2.69 bits per heavy atom. The van der Waals surface area contributed by atoms with Crippen molar-refractivity contribution >= 4 is 16.9 Å². The maximum atomic E-state index is 13.2. The molecule has 162 valence electrons. The summed E-state index contributed by atoms with van der Waals surface area (Å²) in [6.07, 6.45) is 5.59. The second kappa shape index (κ2) is 7.88. The van der Waals surface area contributed by atoms with Crippen LogP contribution in [0.2, 0.25) is 0 Å². The standard InChI is InChI=1S/C12H11FN2.C9H8N6O2/c13-11-1-8(5-14)2-12(4-11)15-6-9-3-10(9)7-15;1-14-4-11-8-7(14)9(16)15(5-12-8)2-6-10-3-13-17-6/h1-2,4,9-10H,3,6-7H2;3-5H,2H2,1H3/t9-,10+;. The number of hydrogen-bond acceptors (Lipinski definition) is 8. The third-order valence-electron chi connectivity index (χ3n) is 5.77. The molecule has 32 heavy (non-hydrogen) atoms. The average Bonchev–Trinajstić information content (AvgIpc) is 3.18. The highest BCUT2D eigenvalue weighted by Crippen LogP contribution is 2.46. The third-order valence-corrected chi connectivity index (χ3v) is 5.77. The quantitative estimate of drug-likeness (QED) is 0.478. The number of nitriles is 1. The van der Waals surface area contributed by atoms with Crippen LogP contribution in [0.25, 0.3) is 11.2 Å². The molecule has 2 aliphatic rings. The lowest BCUT2D eigenvalue weighted by Gasteiger charge is -2.20. The van der Waals surface area contributed by atoms with Gasteiger partial charge in [-0.05, 0) is 36.5 Å². The van der Waals surface area contributed by atoms with Gasteiger partial charge in [-0.25, -0.2) is 14.4 Å². The lowest BCUT2D eigenvalue weighted by atomic mass is 10.2. The minimum absolute atomic E-state index is 0.187. The van der Waals surface area contributed by atoms with Gasteiger partial charge in [0.15, 0.2) is 17.5 Å². The van der Waals surface area contributed by atoms with Gasteiger partial charge in [-0.15, -0.1) is 0 Å². The first-order chi connectivity index (χ1) is 15.5. The van der Waals surface area contributed by atoms with Crippen molar-refractivity contribution in [3.63, 3.8) is 0 Å². The van der Waals surface area contributed by atoms with Crippen LogP contribution < -0.4 is 10.5 Å². The number of anilines is 1. The van der Waals surface area contributed by atoms with Crippen LogP contribution in [-0.4, -0.2) is 42.3 Å². The van der Waals surface area contributed by atoms with E-state index in [2.05, 4.69) is 25.0 Å². The molecule has 2 atom stereocenters. The number of halogens is 1. The van der Waals surface area contributed by atoms with Crippen LogP contribution in [0.15, 0.2) is 46.5 Å². The minimum atomic E-state index is -0.315. The molecule has 0 radical (unpaired) electrons. The van der Waals surface area contributed by atoms with Gasteiger partial charge >= 0.3 is 0 Å². The average molecular weight is 434 g/mol. The van der Waals surface area contributed by atoms with E-state index in [0.717, 1.165) is 30.6 Å². The lowest BCUT2D eigenvalue weighted by molar-refractivity contribution is 0.368. The zero-order valence-electron chi connectivity index (χ0n) is 17.2. The molecular weight excluding hydrogens is 415 g/mol. The monoisotopic (exact) mass is 434 g/mol. The van der Waals surface area contributed by atoms with E-state index in [-0.39, 0.29) is 17.9 Å². The van der Waals surface area contributed by atoms with Gasteiger partial charge in [0.05, 0.1) is 18.0 Å². The summed E-state index contributed by atoms with van der Waals surface area (Å²) in [5.74, 6) is 1.68. The van der Waals surface area contributed by atoms with Crippen molar-refractivity contribution in [1.82, 2.24) is 29.2 Å². The molecule has 1 aliphatic carbocycles. The Labute approximate surface area is 181 Å². The summed E-state index contributed by atoms with van der Waals surface area (Å²) in [5, 5.41) is 12.2. The maximum Gasteiger partial charge on any atom is 0.280 e. The molecule has 4 heterocycles. The lowest BCUT2D eigenvalue weighted by Crippen LogP contribution is -2.22. The SMILES string of the molecule is Cn1cnc2ncn(Cc3ncno3)c(=O)c21.N#Cc1cc(F)cc(N2C[C@H]3C[C@H]3C2)c1. The molecule has 1 saturated heterocycles. The predicted octanol–water partition coefficient (Wildman–Crippen LogP) is 1.71. The Hall–Kier alpha value is -4.07. The Morgan fingerprint density at radius 1 is 1.19 bits per heavy atom. The number of rotatable bonds is 3. The highest BCUT2D eigenvalue weighted by atomic mass is 19.1. The Bertz CT molecular complexity index is 1360.